The zero-order chi connectivity index (χ0) is 22.0. The maximum absolute atomic E-state index is 12.4. The van der Waals surface area contributed by atoms with Crippen LogP contribution in [0.3, 0.4) is 0 Å². The van der Waals surface area contributed by atoms with E-state index in [2.05, 4.69) is 11.1 Å². The van der Waals surface area contributed by atoms with Gasteiger partial charge in [-0.25, -0.2) is 9.78 Å². The Morgan fingerprint density at radius 2 is 1.71 bits per heavy atom. The summed E-state index contributed by atoms with van der Waals surface area (Å²) in [6.07, 6.45) is 4.38. The van der Waals surface area contributed by atoms with Crippen LogP contribution in [0.15, 0.2) is 36.5 Å². The smallest absolute Gasteiger partial charge is 0.410 e. The minimum absolute atomic E-state index is 0.118. The van der Waals surface area contributed by atoms with Crippen molar-refractivity contribution in [2.75, 3.05) is 24.5 Å². The second kappa shape index (κ2) is 8.57. The fraction of sp³-hybridized carbons (Fsp3) is 0.458. The van der Waals surface area contributed by atoms with Crippen molar-refractivity contribution in [1.29, 1.82) is 0 Å². The molecule has 31 heavy (non-hydrogen) atoms. The van der Waals surface area contributed by atoms with E-state index in [9.17, 15) is 9.59 Å². The van der Waals surface area contributed by atoms with Crippen LogP contribution in [0.2, 0.25) is 0 Å². The molecule has 2 amide bonds. The first kappa shape index (κ1) is 21.2. The van der Waals surface area contributed by atoms with E-state index in [0.29, 0.717) is 31.1 Å². The third-order valence-corrected chi connectivity index (χ3v) is 5.44. The molecule has 1 saturated heterocycles. The van der Waals surface area contributed by atoms with E-state index in [4.69, 9.17) is 9.47 Å². The number of anilines is 1. The largest absolute Gasteiger partial charge is 0.456 e. The molecule has 0 aliphatic carbocycles. The Morgan fingerprint density at radius 3 is 2.35 bits per heavy atom. The molecule has 0 spiro atoms. The van der Waals surface area contributed by atoms with Gasteiger partial charge >= 0.3 is 6.09 Å². The van der Waals surface area contributed by atoms with Gasteiger partial charge in [0, 0.05) is 26.1 Å². The van der Waals surface area contributed by atoms with Crippen LogP contribution < -0.4 is 9.64 Å². The molecule has 7 heteroatoms. The van der Waals surface area contributed by atoms with E-state index < -0.39 is 5.60 Å². The van der Waals surface area contributed by atoms with Crippen molar-refractivity contribution in [3.8, 4) is 11.5 Å². The third-order valence-electron chi connectivity index (χ3n) is 5.44. The van der Waals surface area contributed by atoms with Crippen molar-refractivity contribution >= 4 is 17.8 Å². The van der Waals surface area contributed by atoms with E-state index in [1.807, 2.05) is 45.0 Å². The number of hydrogen-bond donors (Lipinski definition) is 0. The number of carbonyl (C=O) groups is 2. The topological polar surface area (TPSA) is 72.0 Å². The van der Waals surface area contributed by atoms with Gasteiger partial charge in [0.2, 0.25) is 5.91 Å². The molecular formula is C24H29N3O4. The van der Waals surface area contributed by atoms with Crippen molar-refractivity contribution < 1.29 is 19.1 Å². The van der Waals surface area contributed by atoms with Gasteiger partial charge in [-0.05, 0) is 75.4 Å². The van der Waals surface area contributed by atoms with Gasteiger partial charge in [0.25, 0.3) is 0 Å². The number of fused-ring (bicyclic) bond motifs is 1. The fourth-order valence-electron chi connectivity index (χ4n) is 3.89. The average Bonchev–Trinajstić information content (AvgIpc) is 3.02. The summed E-state index contributed by atoms with van der Waals surface area (Å²) in [4.78, 5) is 32.2. The molecule has 3 heterocycles. The second-order valence-corrected chi connectivity index (χ2v) is 9.00. The van der Waals surface area contributed by atoms with Crippen molar-refractivity contribution in [3.05, 3.63) is 47.7 Å². The predicted molar refractivity (Wildman–Crippen MR) is 118 cm³/mol. The normalized spacial score (nSPS) is 16.7. The molecular weight excluding hydrogens is 394 g/mol. The Hall–Kier alpha value is -3.09. The standard InChI is InChI=1S/C24H29N3O4/c1-24(2,3)31-23(29)26-13-10-17-6-7-19(15-18(17)11-14-26)30-20-8-9-21(25-16-20)27-12-4-5-22(27)28/h6-9,15-16H,4-5,10-14H2,1-3H3. The lowest BCUT2D eigenvalue weighted by Crippen LogP contribution is -2.38. The minimum atomic E-state index is -0.497. The van der Waals surface area contributed by atoms with E-state index in [-0.39, 0.29) is 12.0 Å². The molecule has 164 valence electrons. The Bertz CT molecular complexity index is 966. The SMILES string of the molecule is CC(C)(C)OC(=O)N1CCc2ccc(Oc3ccc(N4CCCC4=O)nc3)cc2CC1. The van der Waals surface area contributed by atoms with Gasteiger partial charge in [-0.3, -0.25) is 9.69 Å². The zero-order valence-electron chi connectivity index (χ0n) is 18.4. The van der Waals surface area contributed by atoms with E-state index in [0.717, 1.165) is 31.6 Å². The molecule has 0 unspecified atom stereocenters. The number of amides is 2. The monoisotopic (exact) mass is 423 g/mol. The summed E-state index contributed by atoms with van der Waals surface area (Å²) in [6.45, 7) is 7.62. The van der Waals surface area contributed by atoms with Gasteiger partial charge in [-0.1, -0.05) is 6.07 Å². The molecule has 1 fully saturated rings. The molecule has 2 aromatic rings. The fourth-order valence-corrected chi connectivity index (χ4v) is 3.89. The first-order valence-electron chi connectivity index (χ1n) is 10.8. The zero-order valence-corrected chi connectivity index (χ0v) is 18.4. The van der Waals surface area contributed by atoms with Gasteiger partial charge in [0.15, 0.2) is 0 Å². The lowest BCUT2D eigenvalue weighted by molar-refractivity contribution is -0.117. The molecule has 0 saturated carbocycles. The van der Waals surface area contributed by atoms with Crippen molar-refractivity contribution in [3.63, 3.8) is 0 Å². The summed E-state index contributed by atoms with van der Waals surface area (Å²) in [7, 11) is 0. The average molecular weight is 424 g/mol. The maximum Gasteiger partial charge on any atom is 0.410 e. The molecule has 2 aliphatic heterocycles. The van der Waals surface area contributed by atoms with Gasteiger partial charge < -0.3 is 14.4 Å². The van der Waals surface area contributed by atoms with Crippen LogP contribution in [0.25, 0.3) is 0 Å². The molecule has 4 rings (SSSR count). The second-order valence-electron chi connectivity index (χ2n) is 9.00. The molecule has 2 aliphatic rings. The van der Waals surface area contributed by atoms with Crippen LogP contribution in [-0.4, -0.2) is 47.1 Å². The first-order chi connectivity index (χ1) is 14.8. The summed E-state index contributed by atoms with van der Waals surface area (Å²) in [6, 6.07) is 9.70. The number of carbonyl (C=O) groups excluding carboxylic acids is 2. The maximum atomic E-state index is 12.4. The molecule has 0 N–H and O–H groups in total. The van der Waals surface area contributed by atoms with Crippen LogP contribution >= 0.6 is 0 Å². The van der Waals surface area contributed by atoms with Gasteiger partial charge in [0.05, 0.1) is 6.20 Å². The molecule has 0 atom stereocenters. The van der Waals surface area contributed by atoms with Crippen LogP contribution in [-0.2, 0) is 22.4 Å². The van der Waals surface area contributed by atoms with Crippen molar-refractivity contribution in [2.24, 2.45) is 0 Å². The highest BCUT2D eigenvalue weighted by atomic mass is 16.6. The number of pyridine rings is 1. The quantitative estimate of drug-likeness (QED) is 0.735. The summed E-state index contributed by atoms with van der Waals surface area (Å²) >= 11 is 0. The number of ether oxygens (including phenoxy) is 2. The molecule has 1 aromatic heterocycles. The number of rotatable bonds is 3. The predicted octanol–water partition coefficient (Wildman–Crippen LogP) is 4.34. The first-order valence-corrected chi connectivity index (χ1v) is 10.8. The highest BCUT2D eigenvalue weighted by Gasteiger charge is 2.25. The van der Waals surface area contributed by atoms with Crippen LogP contribution in [0.4, 0.5) is 10.6 Å². The van der Waals surface area contributed by atoms with Crippen molar-refractivity contribution in [2.45, 2.75) is 52.1 Å². The number of aromatic nitrogens is 1. The van der Waals surface area contributed by atoms with Gasteiger partial charge in [-0.15, -0.1) is 0 Å². The van der Waals surface area contributed by atoms with Gasteiger partial charge in [0.1, 0.15) is 22.9 Å². The molecule has 0 bridgehead atoms. The van der Waals surface area contributed by atoms with E-state index in [1.165, 1.54) is 11.1 Å². The van der Waals surface area contributed by atoms with E-state index >= 15 is 0 Å². The minimum Gasteiger partial charge on any atom is -0.456 e. The number of nitrogens with zero attached hydrogens (tertiary/aromatic N) is 3. The summed E-state index contributed by atoms with van der Waals surface area (Å²) in [5.41, 5.74) is 1.90. The molecule has 1 aromatic carbocycles. The Morgan fingerprint density at radius 1 is 0.968 bits per heavy atom. The Labute approximate surface area is 183 Å². The summed E-state index contributed by atoms with van der Waals surface area (Å²) in [5.74, 6) is 2.14. The number of hydrogen-bond acceptors (Lipinski definition) is 5. The third kappa shape index (κ3) is 5.16. The summed E-state index contributed by atoms with van der Waals surface area (Å²) in [5, 5.41) is 0. The molecule has 7 nitrogen and oxygen atoms in total. The highest BCUT2D eigenvalue weighted by molar-refractivity contribution is 5.94. The van der Waals surface area contributed by atoms with Crippen molar-refractivity contribution in [1.82, 2.24) is 9.88 Å². The summed E-state index contributed by atoms with van der Waals surface area (Å²) < 4.78 is 11.5. The lowest BCUT2D eigenvalue weighted by Gasteiger charge is -2.26. The van der Waals surface area contributed by atoms with Crippen LogP contribution in [0, 0.1) is 0 Å². The number of benzene rings is 1. The Balaban J connectivity index is 1.40. The Kier molecular flexibility index (Phi) is 5.85. The van der Waals surface area contributed by atoms with Crippen LogP contribution in [0.1, 0.15) is 44.7 Å². The van der Waals surface area contributed by atoms with Gasteiger partial charge in [-0.2, -0.15) is 0 Å². The molecule has 0 radical (unpaired) electrons. The lowest BCUT2D eigenvalue weighted by atomic mass is 10.0. The van der Waals surface area contributed by atoms with E-state index in [1.54, 1.807) is 16.0 Å². The van der Waals surface area contributed by atoms with Crippen LogP contribution in [0.5, 0.6) is 11.5 Å². The highest BCUT2D eigenvalue weighted by Crippen LogP contribution is 2.28.